The van der Waals surface area contributed by atoms with Gasteiger partial charge in [0.05, 0.1) is 12.9 Å². The van der Waals surface area contributed by atoms with Crippen LogP contribution in [0.2, 0.25) is 0 Å². The molecular formula is C18H23NO5S. The van der Waals surface area contributed by atoms with Crippen molar-refractivity contribution in [2.45, 2.75) is 19.1 Å². The van der Waals surface area contributed by atoms with Gasteiger partial charge in [-0.05, 0) is 24.6 Å². The van der Waals surface area contributed by atoms with Crippen LogP contribution in [-0.4, -0.2) is 33.9 Å². The van der Waals surface area contributed by atoms with Crippen molar-refractivity contribution in [1.29, 1.82) is 0 Å². The zero-order valence-corrected chi connectivity index (χ0v) is 15.1. The minimum absolute atomic E-state index is 0.0244. The number of hydrogen-bond donors (Lipinski definition) is 1. The SMILES string of the molecule is CCOc1ccccc1OC(c1ccccc1)C(CN)OS(C)(=O)=O. The van der Waals surface area contributed by atoms with E-state index in [1.807, 2.05) is 49.4 Å². The third-order valence-electron chi connectivity index (χ3n) is 3.40. The highest BCUT2D eigenvalue weighted by Crippen LogP contribution is 2.33. The van der Waals surface area contributed by atoms with Crippen LogP contribution in [0.4, 0.5) is 0 Å². The van der Waals surface area contributed by atoms with Crippen molar-refractivity contribution in [2.75, 3.05) is 19.4 Å². The third kappa shape index (κ3) is 5.74. The van der Waals surface area contributed by atoms with E-state index >= 15 is 0 Å². The lowest BCUT2D eigenvalue weighted by atomic mass is 10.0. The zero-order chi connectivity index (χ0) is 18.3. The molecule has 0 heterocycles. The first-order chi connectivity index (χ1) is 11.9. The Kier molecular flexibility index (Phi) is 6.81. The quantitative estimate of drug-likeness (QED) is 0.687. The summed E-state index contributed by atoms with van der Waals surface area (Å²) in [5.74, 6) is 1.06. The highest BCUT2D eigenvalue weighted by atomic mass is 32.2. The van der Waals surface area contributed by atoms with E-state index in [2.05, 4.69) is 0 Å². The van der Waals surface area contributed by atoms with Gasteiger partial charge in [0.1, 0.15) is 6.10 Å². The third-order valence-corrected chi connectivity index (χ3v) is 4.00. The van der Waals surface area contributed by atoms with Crippen LogP contribution in [0.1, 0.15) is 18.6 Å². The molecule has 2 unspecified atom stereocenters. The Bertz CT molecular complexity index is 764. The number of para-hydroxylation sites is 2. The average molecular weight is 365 g/mol. The van der Waals surface area contributed by atoms with Crippen molar-refractivity contribution in [3.8, 4) is 11.5 Å². The first kappa shape index (κ1) is 19.2. The normalized spacial score (nSPS) is 13.9. The Hall–Kier alpha value is -2.09. The molecule has 0 saturated carbocycles. The molecule has 0 amide bonds. The van der Waals surface area contributed by atoms with Crippen LogP contribution in [0.3, 0.4) is 0 Å². The molecule has 0 aliphatic heterocycles. The number of hydrogen-bond acceptors (Lipinski definition) is 6. The molecule has 136 valence electrons. The van der Waals surface area contributed by atoms with Gasteiger partial charge in [0.25, 0.3) is 10.1 Å². The molecule has 0 bridgehead atoms. The summed E-state index contributed by atoms with van der Waals surface area (Å²) >= 11 is 0. The molecule has 25 heavy (non-hydrogen) atoms. The molecule has 0 radical (unpaired) electrons. The molecule has 2 aromatic rings. The van der Waals surface area contributed by atoms with Gasteiger partial charge in [0.15, 0.2) is 17.6 Å². The molecule has 0 spiro atoms. The van der Waals surface area contributed by atoms with Crippen LogP contribution in [0.5, 0.6) is 11.5 Å². The van der Waals surface area contributed by atoms with Gasteiger partial charge >= 0.3 is 0 Å². The van der Waals surface area contributed by atoms with Gasteiger partial charge in [-0.1, -0.05) is 42.5 Å². The maximum atomic E-state index is 11.6. The lowest BCUT2D eigenvalue weighted by Gasteiger charge is -2.27. The second-order valence-corrected chi connectivity index (χ2v) is 7.00. The second kappa shape index (κ2) is 8.84. The molecule has 7 heteroatoms. The predicted molar refractivity (Wildman–Crippen MR) is 96.2 cm³/mol. The van der Waals surface area contributed by atoms with Gasteiger partial charge in [-0.25, -0.2) is 0 Å². The minimum atomic E-state index is -3.69. The van der Waals surface area contributed by atoms with Gasteiger partial charge in [-0.2, -0.15) is 8.42 Å². The summed E-state index contributed by atoms with van der Waals surface area (Å²) in [6, 6.07) is 16.4. The van der Waals surface area contributed by atoms with Crippen LogP contribution in [-0.2, 0) is 14.3 Å². The Morgan fingerprint density at radius 3 is 2.16 bits per heavy atom. The number of benzene rings is 2. The molecule has 0 fully saturated rings. The van der Waals surface area contributed by atoms with Crippen LogP contribution in [0, 0.1) is 0 Å². The van der Waals surface area contributed by atoms with Crippen LogP contribution >= 0.6 is 0 Å². The first-order valence-electron chi connectivity index (χ1n) is 7.96. The molecule has 2 rings (SSSR count). The minimum Gasteiger partial charge on any atom is -0.490 e. The van der Waals surface area contributed by atoms with Crippen molar-refractivity contribution in [2.24, 2.45) is 5.73 Å². The van der Waals surface area contributed by atoms with E-state index in [0.29, 0.717) is 18.1 Å². The molecule has 0 aromatic heterocycles. The topological polar surface area (TPSA) is 87.8 Å². The molecule has 0 saturated heterocycles. The predicted octanol–water partition coefficient (Wildman–Crippen LogP) is 2.51. The number of rotatable bonds is 9. The summed E-state index contributed by atoms with van der Waals surface area (Å²) in [6.07, 6.45) is -0.583. The summed E-state index contributed by atoms with van der Waals surface area (Å²) < 4.78 is 40.0. The van der Waals surface area contributed by atoms with E-state index in [9.17, 15) is 8.42 Å². The van der Waals surface area contributed by atoms with Gasteiger partial charge in [0.2, 0.25) is 0 Å². The smallest absolute Gasteiger partial charge is 0.264 e. The Labute approximate surface area is 148 Å². The standard InChI is InChI=1S/C18H23NO5S/c1-3-22-15-11-7-8-12-16(15)23-18(14-9-5-4-6-10-14)17(13-19)24-25(2,20)21/h4-12,17-18H,3,13,19H2,1-2H3. The summed E-state index contributed by atoms with van der Waals surface area (Å²) in [5, 5.41) is 0. The zero-order valence-electron chi connectivity index (χ0n) is 14.3. The summed E-state index contributed by atoms with van der Waals surface area (Å²) in [7, 11) is -3.69. The molecule has 2 atom stereocenters. The van der Waals surface area contributed by atoms with E-state index in [1.54, 1.807) is 12.1 Å². The van der Waals surface area contributed by atoms with Crippen molar-refractivity contribution >= 4 is 10.1 Å². The largest absolute Gasteiger partial charge is 0.490 e. The van der Waals surface area contributed by atoms with Crippen LogP contribution in [0.15, 0.2) is 54.6 Å². The van der Waals surface area contributed by atoms with Crippen molar-refractivity contribution in [3.05, 3.63) is 60.2 Å². The maximum absolute atomic E-state index is 11.6. The Morgan fingerprint density at radius 2 is 1.60 bits per heavy atom. The summed E-state index contributed by atoms with van der Waals surface area (Å²) in [6.45, 7) is 2.33. The summed E-state index contributed by atoms with van der Waals surface area (Å²) in [4.78, 5) is 0. The van der Waals surface area contributed by atoms with Gasteiger partial charge in [-0.3, -0.25) is 4.18 Å². The van der Waals surface area contributed by atoms with E-state index in [-0.39, 0.29) is 6.54 Å². The highest BCUT2D eigenvalue weighted by Gasteiger charge is 2.29. The van der Waals surface area contributed by atoms with Crippen molar-refractivity contribution < 1.29 is 22.1 Å². The number of ether oxygens (including phenoxy) is 2. The molecular weight excluding hydrogens is 342 g/mol. The van der Waals surface area contributed by atoms with Crippen molar-refractivity contribution in [1.82, 2.24) is 0 Å². The summed E-state index contributed by atoms with van der Waals surface area (Å²) in [5.41, 5.74) is 6.53. The molecule has 2 aromatic carbocycles. The average Bonchev–Trinajstić information content (AvgIpc) is 2.59. The highest BCUT2D eigenvalue weighted by molar-refractivity contribution is 7.86. The van der Waals surface area contributed by atoms with Crippen molar-refractivity contribution in [3.63, 3.8) is 0 Å². The monoisotopic (exact) mass is 365 g/mol. The fraction of sp³-hybridized carbons (Fsp3) is 0.333. The van der Waals surface area contributed by atoms with E-state index in [0.717, 1.165) is 11.8 Å². The van der Waals surface area contributed by atoms with E-state index < -0.39 is 22.3 Å². The van der Waals surface area contributed by atoms with E-state index in [1.165, 1.54) is 0 Å². The van der Waals surface area contributed by atoms with Gasteiger partial charge < -0.3 is 15.2 Å². The Balaban J connectivity index is 2.38. The lowest BCUT2D eigenvalue weighted by Crippen LogP contribution is -2.35. The molecule has 2 N–H and O–H groups in total. The molecule has 0 aliphatic rings. The first-order valence-corrected chi connectivity index (χ1v) is 9.78. The van der Waals surface area contributed by atoms with Gasteiger partial charge in [-0.15, -0.1) is 0 Å². The second-order valence-electron chi connectivity index (χ2n) is 5.40. The van der Waals surface area contributed by atoms with Gasteiger partial charge in [0, 0.05) is 6.54 Å². The lowest BCUT2D eigenvalue weighted by molar-refractivity contribution is 0.0613. The maximum Gasteiger partial charge on any atom is 0.264 e. The number of nitrogens with two attached hydrogens (primary N) is 1. The van der Waals surface area contributed by atoms with Crippen LogP contribution in [0.25, 0.3) is 0 Å². The Morgan fingerprint density at radius 1 is 1.00 bits per heavy atom. The van der Waals surface area contributed by atoms with E-state index in [4.69, 9.17) is 19.4 Å². The molecule has 0 aliphatic carbocycles. The van der Waals surface area contributed by atoms with Crippen LogP contribution < -0.4 is 15.2 Å². The molecule has 6 nitrogen and oxygen atoms in total. The fourth-order valence-corrected chi connectivity index (χ4v) is 3.03. The fourth-order valence-electron chi connectivity index (χ4n) is 2.40.